The molecule has 2 rings (SSSR count). The van der Waals surface area contributed by atoms with Crippen molar-refractivity contribution < 1.29 is 14.1 Å². The highest BCUT2D eigenvalue weighted by molar-refractivity contribution is 5.84. The molecule has 23 heavy (non-hydrogen) atoms. The van der Waals surface area contributed by atoms with Crippen LogP contribution in [0.2, 0.25) is 0 Å². The van der Waals surface area contributed by atoms with E-state index in [2.05, 4.69) is 10.6 Å². The lowest BCUT2D eigenvalue weighted by Crippen LogP contribution is -2.37. The Morgan fingerprint density at radius 2 is 1.96 bits per heavy atom. The van der Waals surface area contributed by atoms with E-state index in [1.807, 2.05) is 30.3 Å². The molecular weight excluding hydrogens is 301 g/mol. The Bertz CT molecular complexity index is 707. The maximum absolute atomic E-state index is 13.8. The molecule has 1 unspecified atom stereocenters. The second-order valence-corrected chi connectivity index (χ2v) is 4.99. The van der Waals surface area contributed by atoms with Crippen LogP contribution in [0, 0.1) is 15.9 Å². The van der Waals surface area contributed by atoms with Crippen molar-refractivity contribution in [1.82, 2.24) is 5.32 Å². The zero-order valence-electron chi connectivity index (χ0n) is 12.5. The summed E-state index contributed by atoms with van der Waals surface area (Å²) < 4.78 is 13.8. The molecule has 0 aliphatic heterocycles. The monoisotopic (exact) mass is 317 g/mol. The van der Waals surface area contributed by atoms with Gasteiger partial charge in [-0.15, -0.1) is 0 Å². The number of nitrogens with one attached hydrogen (secondary N) is 2. The van der Waals surface area contributed by atoms with Crippen LogP contribution in [0.4, 0.5) is 15.8 Å². The molecule has 1 amide bonds. The van der Waals surface area contributed by atoms with Gasteiger partial charge in [-0.1, -0.05) is 30.3 Å². The number of carbonyl (C=O) groups is 1. The summed E-state index contributed by atoms with van der Waals surface area (Å²) in [5, 5.41) is 16.0. The number of nitrogens with zero attached hydrogens (tertiary/aromatic N) is 1. The smallest absolute Gasteiger partial charge is 0.272 e. The van der Waals surface area contributed by atoms with E-state index >= 15 is 0 Å². The van der Waals surface area contributed by atoms with Crippen molar-refractivity contribution in [3.05, 3.63) is 70.0 Å². The molecule has 6 nitrogen and oxygen atoms in total. The normalized spacial score (nSPS) is 11.6. The fourth-order valence-electron chi connectivity index (χ4n) is 1.97. The first-order valence-corrected chi connectivity index (χ1v) is 6.99. The minimum Gasteiger partial charge on any atom is -0.372 e. The van der Waals surface area contributed by atoms with E-state index in [9.17, 15) is 19.3 Å². The summed E-state index contributed by atoms with van der Waals surface area (Å²) in [5.74, 6) is -1.08. The number of hydrogen-bond donors (Lipinski definition) is 2. The van der Waals surface area contributed by atoms with E-state index in [1.165, 1.54) is 12.1 Å². The Balaban J connectivity index is 1.94. The number of hydrogen-bond acceptors (Lipinski definition) is 4. The van der Waals surface area contributed by atoms with Crippen LogP contribution in [0.25, 0.3) is 0 Å². The van der Waals surface area contributed by atoms with Gasteiger partial charge in [-0.25, -0.2) is 4.39 Å². The molecule has 0 radical (unpaired) electrons. The van der Waals surface area contributed by atoms with Crippen molar-refractivity contribution in [2.45, 2.75) is 19.5 Å². The lowest BCUT2D eigenvalue weighted by Gasteiger charge is -2.15. The maximum atomic E-state index is 13.8. The number of amides is 1. The van der Waals surface area contributed by atoms with Crippen LogP contribution in [0.5, 0.6) is 0 Å². The van der Waals surface area contributed by atoms with Gasteiger partial charge in [0.05, 0.1) is 16.7 Å². The number of benzene rings is 2. The first-order valence-electron chi connectivity index (χ1n) is 6.99. The van der Waals surface area contributed by atoms with Gasteiger partial charge in [-0.3, -0.25) is 14.9 Å². The Morgan fingerprint density at radius 1 is 1.26 bits per heavy atom. The van der Waals surface area contributed by atoms with E-state index in [-0.39, 0.29) is 17.3 Å². The van der Waals surface area contributed by atoms with Crippen LogP contribution in [-0.2, 0) is 11.3 Å². The second-order valence-electron chi connectivity index (χ2n) is 4.99. The first-order chi connectivity index (χ1) is 11.0. The molecule has 1 atom stereocenters. The molecule has 2 aromatic rings. The molecule has 0 aliphatic rings. The lowest BCUT2D eigenvalue weighted by atomic mass is 10.2. The van der Waals surface area contributed by atoms with E-state index < -0.39 is 16.8 Å². The molecule has 0 spiro atoms. The third-order valence-corrected chi connectivity index (χ3v) is 3.24. The van der Waals surface area contributed by atoms with Crippen LogP contribution in [-0.4, -0.2) is 16.9 Å². The fraction of sp³-hybridized carbons (Fsp3) is 0.188. The average molecular weight is 317 g/mol. The van der Waals surface area contributed by atoms with Crippen LogP contribution in [0.15, 0.2) is 48.5 Å². The molecule has 2 aromatic carbocycles. The predicted octanol–water partition coefficient (Wildman–Crippen LogP) is 2.85. The van der Waals surface area contributed by atoms with Crippen molar-refractivity contribution >= 4 is 17.3 Å². The third-order valence-electron chi connectivity index (χ3n) is 3.24. The number of non-ortho nitro benzene ring substituents is 1. The molecule has 0 saturated heterocycles. The molecule has 0 bridgehead atoms. The lowest BCUT2D eigenvalue weighted by molar-refractivity contribution is -0.385. The number of anilines is 1. The van der Waals surface area contributed by atoms with Gasteiger partial charge in [0.2, 0.25) is 5.91 Å². The van der Waals surface area contributed by atoms with Gasteiger partial charge in [0.25, 0.3) is 5.69 Å². The quantitative estimate of drug-likeness (QED) is 0.634. The minimum absolute atomic E-state index is 0.0398. The van der Waals surface area contributed by atoms with E-state index in [1.54, 1.807) is 6.92 Å². The predicted molar refractivity (Wildman–Crippen MR) is 84.4 cm³/mol. The molecule has 2 N–H and O–H groups in total. The van der Waals surface area contributed by atoms with Gasteiger partial charge < -0.3 is 10.6 Å². The molecule has 7 heteroatoms. The summed E-state index contributed by atoms with van der Waals surface area (Å²) in [4.78, 5) is 21.9. The topological polar surface area (TPSA) is 84.3 Å². The standard InChI is InChI=1S/C16H16FN3O3/c1-11(16(21)18-10-12-5-3-2-4-6-12)19-15-8-7-13(20(22)23)9-14(15)17/h2-9,11,19H,10H2,1H3,(H,18,21). The van der Waals surface area contributed by atoms with Crippen molar-refractivity contribution in [3.63, 3.8) is 0 Å². The van der Waals surface area contributed by atoms with Crippen molar-refractivity contribution in [1.29, 1.82) is 0 Å². The van der Waals surface area contributed by atoms with E-state index in [0.29, 0.717) is 6.54 Å². The highest BCUT2D eigenvalue weighted by Crippen LogP contribution is 2.21. The average Bonchev–Trinajstić information content (AvgIpc) is 2.55. The van der Waals surface area contributed by atoms with Gasteiger partial charge in [-0.05, 0) is 18.6 Å². The molecule has 120 valence electrons. The summed E-state index contributed by atoms with van der Waals surface area (Å²) in [7, 11) is 0. The van der Waals surface area contributed by atoms with Crippen LogP contribution >= 0.6 is 0 Å². The Kier molecular flexibility index (Phi) is 5.24. The van der Waals surface area contributed by atoms with Crippen molar-refractivity contribution in [2.75, 3.05) is 5.32 Å². The molecule has 0 heterocycles. The number of halogens is 1. The number of rotatable bonds is 6. The summed E-state index contributed by atoms with van der Waals surface area (Å²) in [6.45, 7) is 1.95. The Morgan fingerprint density at radius 3 is 2.57 bits per heavy atom. The highest BCUT2D eigenvalue weighted by atomic mass is 19.1. The summed E-state index contributed by atoms with van der Waals surface area (Å²) in [5.41, 5.74) is 0.654. The number of carbonyl (C=O) groups excluding carboxylic acids is 1. The summed E-state index contributed by atoms with van der Waals surface area (Å²) in [6.07, 6.45) is 0. The van der Waals surface area contributed by atoms with Gasteiger partial charge >= 0.3 is 0 Å². The fourth-order valence-corrected chi connectivity index (χ4v) is 1.97. The Hall–Kier alpha value is -2.96. The maximum Gasteiger partial charge on any atom is 0.272 e. The Labute approximate surface area is 132 Å². The molecule has 0 aliphatic carbocycles. The minimum atomic E-state index is -0.776. The largest absolute Gasteiger partial charge is 0.372 e. The van der Waals surface area contributed by atoms with Crippen molar-refractivity contribution in [3.8, 4) is 0 Å². The first kappa shape index (κ1) is 16.4. The van der Waals surface area contributed by atoms with Gasteiger partial charge in [-0.2, -0.15) is 0 Å². The molecular formula is C16H16FN3O3. The second kappa shape index (κ2) is 7.35. The van der Waals surface area contributed by atoms with Gasteiger partial charge in [0.15, 0.2) is 5.82 Å². The zero-order chi connectivity index (χ0) is 16.8. The van der Waals surface area contributed by atoms with Gasteiger partial charge in [0, 0.05) is 12.6 Å². The molecule has 0 aromatic heterocycles. The van der Waals surface area contributed by atoms with Crippen LogP contribution < -0.4 is 10.6 Å². The van der Waals surface area contributed by atoms with E-state index in [0.717, 1.165) is 11.6 Å². The van der Waals surface area contributed by atoms with Gasteiger partial charge in [0.1, 0.15) is 6.04 Å². The highest BCUT2D eigenvalue weighted by Gasteiger charge is 2.16. The number of nitro benzene ring substituents is 1. The van der Waals surface area contributed by atoms with Crippen LogP contribution in [0.1, 0.15) is 12.5 Å². The number of nitro groups is 1. The van der Waals surface area contributed by atoms with Crippen molar-refractivity contribution in [2.24, 2.45) is 0 Å². The SMILES string of the molecule is CC(Nc1ccc([N+](=O)[O-])cc1F)C(=O)NCc1ccccc1. The van der Waals surface area contributed by atoms with Crippen LogP contribution in [0.3, 0.4) is 0 Å². The molecule has 0 fully saturated rings. The summed E-state index contributed by atoms with van der Waals surface area (Å²) >= 11 is 0. The zero-order valence-corrected chi connectivity index (χ0v) is 12.5. The molecule has 0 saturated carbocycles. The summed E-state index contributed by atoms with van der Waals surface area (Å²) in [6, 6.07) is 11.9. The third kappa shape index (κ3) is 4.50. The van der Waals surface area contributed by atoms with E-state index in [4.69, 9.17) is 0 Å².